The van der Waals surface area contributed by atoms with Crippen LogP contribution in [0.25, 0.3) is 76.7 Å². The van der Waals surface area contributed by atoms with Gasteiger partial charge in [-0.05, 0) is 59.7 Å². The van der Waals surface area contributed by atoms with Gasteiger partial charge < -0.3 is 8.97 Å². The maximum Gasteiger partial charge on any atom is 0.0725 e. The molecule has 4 heteroatoms. The fourth-order valence-corrected chi connectivity index (χ4v) is 6.41. The topological polar surface area (TPSA) is 35.1 Å². The zero-order valence-electron chi connectivity index (χ0n) is 20.3. The molecule has 0 saturated heterocycles. The summed E-state index contributed by atoms with van der Waals surface area (Å²) >= 11 is 0. The summed E-state index contributed by atoms with van der Waals surface area (Å²) in [5.74, 6) is 0. The fourth-order valence-electron chi connectivity index (χ4n) is 6.41. The van der Waals surface area contributed by atoms with E-state index in [0.29, 0.717) is 0 Å². The molecule has 0 atom stereocenters. The highest BCUT2D eigenvalue weighted by Gasteiger charge is 2.19. The highest BCUT2D eigenvalue weighted by Crippen LogP contribution is 2.42. The summed E-state index contributed by atoms with van der Waals surface area (Å²) in [6, 6.07) is 35.1. The second kappa shape index (κ2) is 7.17. The third-order valence-electron chi connectivity index (χ3n) is 8.02. The Morgan fingerprint density at radius 3 is 1.82 bits per heavy atom. The minimum Gasteiger partial charge on any atom is -0.309 e. The maximum absolute atomic E-state index is 4.44. The van der Waals surface area contributed by atoms with Gasteiger partial charge >= 0.3 is 0 Å². The van der Waals surface area contributed by atoms with Gasteiger partial charge in [-0.25, -0.2) is 0 Å². The minimum absolute atomic E-state index is 1.12. The molecule has 9 rings (SSSR count). The van der Waals surface area contributed by atoms with Gasteiger partial charge in [-0.1, -0.05) is 48.5 Å². The molecule has 0 amide bonds. The Bertz CT molecular complexity index is 2260. The predicted molar refractivity (Wildman–Crippen MR) is 156 cm³/mol. The number of fused-ring (bicyclic) bond motifs is 9. The highest BCUT2D eigenvalue weighted by atomic mass is 15.0. The van der Waals surface area contributed by atoms with Crippen molar-refractivity contribution in [2.24, 2.45) is 0 Å². The van der Waals surface area contributed by atoms with Crippen LogP contribution in [0.3, 0.4) is 0 Å². The molecule has 5 aromatic heterocycles. The molecule has 0 bridgehead atoms. The molecule has 0 fully saturated rings. The molecule has 176 valence electrons. The van der Waals surface area contributed by atoms with Crippen LogP contribution in [0, 0.1) is 0 Å². The second-order valence-corrected chi connectivity index (χ2v) is 9.96. The van der Waals surface area contributed by atoms with Gasteiger partial charge in [-0.3, -0.25) is 9.97 Å². The van der Waals surface area contributed by atoms with Gasteiger partial charge in [0.15, 0.2) is 0 Å². The van der Waals surface area contributed by atoms with Crippen molar-refractivity contribution >= 4 is 59.9 Å². The van der Waals surface area contributed by atoms with Crippen molar-refractivity contribution in [2.75, 3.05) is 0 Å². The van der Waals surface area contributed by atoms with Gasteiger partial charge in [0.05, 0.1) is 40.0 Å². The van der Waals surface area contributed by atoms with Crippen LogP contribution in [0.5, 0.6) is 0 Å². The van der Waals surface area contributed by atoms with Crippen LogP contribution >= 0.6 is 0 Å². The molecule has 0 aliphatic rings. The zero-order valence-corrected chi connectivity index (χ0v) is 20.3. The summed E-state index contributed by atoms with van der Waals surface area (Å²) in [6.45, 7) is 0. The Morgan fingerprint density at radius 2 is 1.08 bits per heavy atom. The fraction of sp³-hybridized carbons (Fsp3) is 0. The molecule has 5 heterocycles. The molecule has 4 aromatic carbocycles. The van der Waals surface area contributed by atoms with E-state index >= 15 is 0 Å². The number of para-hydroxylation sites is 2. The Kier molecular flexibility index (Phi) is 3.76. The first-order chi connectivity index (χ1) is 18.9. The van der Waals surface area contributed by atoms with E-state index in [1.165, 1.54) is 65.7 Å². The van der Waals surface area contributed by atoms with Crippen LogP contribution in [0.15, 0.2) is 122 Å². The summed E-state index contributed by atoms with van der Waals surface area (Å²) in [5.41, 5.74) is 9.48. The lowest BCUT2D eigenvalue weighted by Gasteiger charge is -2.09. The monoisotopic (exact) mass is 484 g/mol. The van der Waals surface area contributed by atoms with Crippen LogP contribution in [0.1, 0.15) is 0 Å². The van der Waals surface area contributed by atoms with E-state index in [4.69, 9.17) is 0 Å². The van der Waals surface area contributed by atoms with Crippen molar-refractivity contribution < 1.29 is 0 Å². The molecule has 0 radical (unpaired) electrons. The van der Waals surface area contributed by atoms with Crippen LogP contribution in [-0.4, -0.2) is 18.9 Å². The quantitative estimate of drug-likeness (QED) is 0.247. The molecule has 0 unspecified atom stereocenters. The van der Waals surface area contributed by atoms with Crippen molar-refractivity contribution in [3.63, 3.8) is 0 Å². The summed E-state index contributed by atoms with van der Waals surface area (Å²) in [4.78, 5) is 8.89. The smallest absolute Gasteiger partial charge is 0.0725 e. The molecule has 4 nitrogen and oxygen atoms in total. The molecule has 9 aromatic rings. The van der Waals surface area contributed by atoms with E-state index in [2.05, 4.69) is 116 Å². The summed E-state index contributed by atoms with van der Waals surface area (Å²) in [7, 11) is 0. The first-order valence-corrected chi connectivity index (χ1v) is 12.8. The molecule has 0 spiro atoms. The molecule has 0 saturated carbocycles. The van der Waals surface area contributed by atoms with E-state index in [1.54, 1.807) is 0 Å². The minimum atomic E-state index is 1.12. The van der Waals surface area contributed by atoms with Gasteiger partial charge in [0.1, 0.15) is 0 Å². The number of benzene rings is 4. The number of hydrogen-bond donors (Lipinski definition) is 0. The Balaban J connectivity index is 1.40. The van der Waals surface area contributed by atoms with Crippen molar-refractivity contribution in [2.45, 2.75) is 0 Å². The average Bonchev–Trinajstić information content (AvgIpc) is 3.62. The third kappa shape index (κ3) is 2.49. The Morgan fingerprint density at radius 1 is 0.447 bits per heavy atom. The second-order valence-electron chi connectivity index (χ2n) is 9.96. The lowest BCUT2D eigenvalue weighted by atomic mass is 9.98. The van der Waals surface area contributed by atoms with Crippen molar-refractivity contribution in [3.05, 3.63) is 122 Å². The van der Waals surface area contributed by atoms with E-state index < -0.39 is 0 Å². The van der Waals surface area contributed by atoms with E-state index in [0.717, 1.165) is 11.0 Å². The number of hydrogen-bond acceptors (Lipinski definition) is 2. The highest BCUT2D eigenvalue weighted by molar-refractivity contribution is 6.24. The normalized spacial score (nSPS) is 12.2. The standard InChI is InChI=1S/C34H20N4/c1-2-6-23(7-3-1)37-30-9-5-4-8-24(30)25-11-10-21(18-31(25)37)22-16-28-26-12-14-35-19-32(26)38-33-20-36-15-13-27(33)29(17-22)34(28)38/h1-20H. The van der Waals surface area contributed by atoms with Crippen LogP contribution in [0.4, 0.5) is 0 Å². The summed E-state index contributed by atoms with van der Waals surface area (Å²) in [6.07, 6.45) is 7.69. The third-order valence-corrected chi connectivity index (χ3v) is 8.02. The van der Waals surface area contributed by atoms with Crippen molar-refractivity contribution in [1.29, 1.82) is 0 Å². The number of pyridine rings is 2. The van der Waals surface area contributed by atoms with E-state index in [-0.39, 0.29) is 0 Å². The largest absolute Gasteiger partial charge is 0.309 e. The Hall–Kier alpha value is -5.22. The number of aromatic nitrogens is 4. The van der Waals surface area contributed by atoms with Gasteiger partial charge in [-0.15, -0.1) is 0 Å². The zero-order chi connectivity index (χ0) is 24.8. The molecular formula is C34H20N4. The number of rotatable bonds is 2. The SMILES string of the molecule is c1ccc(-n2c3ccccc3c3ccc(-c4cc5c6ccncc6n6c7cnccc7c(c4)c56)cc32)cc1. The lowest BCUT2D eigenvalue weighted by Crippen LogP contribution is -1.93. The average molecular weight is 485 g/mol. The summed E-state index contributed by atoms with van der Waals surface area (Å²) < 4.78 is 4.69. The van der Waals surface area contributed by atoms with Gasteiger partial charge in [-0.2, -0.15) is 0 Å². The molecule has 0 aliphatic carbocycles. The summed E-state index contributed by atoms with van der Waals surface area (Å²) in [5, 5.41) is 7.45. The van der Waals surface area contributed by atoms with Gasteiger partial charge in [0, 0.05) is 50.4 Å². The lowest BCUT2D eigenvalue weighted by molar-refractivity contribution is 1.18. The molecule has 38 heavy (non-hydrogen) atoms. The molecule has 0 aliphatic heterocycles. The van der Waals surface area contributed by atoms with Gasteiger partial charge in [0.25, 0.3) is 0 Å². The molecule has 0 N–H and O–H groups in total. The first kappa shape index (κ1) is 19.9. The van der Waals surface area contributed by atoms with Gasteiger partial charge in [0.2, 0.25) is 0 Å². The van der Waals surface area contributed by atoms with Crippen LogP contribution in [-0.2, 0) is 0 Å². The molecular weight excluding hydrogens is 464 g/mol. The predicted octanol–water partition coefficient (Wildman–Crippen LogP) is 8.39. The van der Waals surface area contributed by atoms with Crippen LogP contribution in [0.2, 0.25) is 0 Å². The van der Waals surface area contributed by atoms with E-state index in [1.807, 2.05) is 24.8 Å². The Labute approximate surface area is 217 Å². The van der Waals surface area contributed by atoms with E-state index in [9.17, 15) is 0 Å². The first-order valence-electron chi connectivity index (χ1n) is 12.8. The van der Waals surface area contributed by atoms with Crippen molar-refractivity contribution in [1.82, 2.24) is 18.9 Å². The maximum atomic E-state index is 4.44. The van der Waals surface area contributed by atoms with Crippen LogP contribution < -0.4 is 0 Å². The number of nitrogens with zero attached hydrogens (tertiary/aromatic N) is 4. The van der Waals surface area contributed by atoms with Crippen molar-refractivity contribution in [3.8, 4) is 16.8 Å².